The van der Waals surface area contributed by atoms with Gasteiger partial charge < -0.3 is 31.5 Å². The first-order chi connectivity index (χ1) is 20.6. The van der Waals surface area contributed by atoms with Gasteiger partial charge >= 0.3 is 11.9 Å². The monoisotopic (exact) mass is 613 g/mol. The Hall–Kier alpha value is -2.60. The van der Waals surface area contributed by atoms with Crippen LogP contribution in [0.4, 0.5) is 0 Å². The second-order valence-electron chi connectivity index (χ2n) is 14.7. The summed E-state index contributed by atoms with van der Waals surface area (Å²) >= 11 is 0. The second kappa shape index (κ2) is 11.3. The number of allylic oxidation sites excluding steroid dienone is 2. The molecule has 4 fully saturated rings. The van der Waals surface area contributed by atoms with Gasteiger partial charge in [-0.05, 0) is 82.1 Å². The molecule has 244 valence electrons. The highest BCUT2D eigenvalue weighted by Gasteiger charge is 2.75. The lowest BCUT2D eigenvalue weighted by Crippen LogP contribution is -2.78. The molecule has 0 amide bonds. The van der Waals surface area contributed by atoms with Crippen LogP contribution in [0, 0.1) is 28.6 Å². The van der Waals surface area contributed by atoms with Crippen LogP contribution in [0.1, 0.15) is 98.6 Å². The van der Waals surface area contributed by atoms with E-state index in [9.17, 15) is 24.9 Å². The Morgan fingerprint density at radius 1 is 1.14 bits per heavy atom. The number of carbonyl (C=O) groups is 2. The van der Waals surface area contributed by atoms with Crippen molar-refractivity contribution in [2.75, 3.05) is 0 Å². The van der Waals surface area contributed by atoms with Gasteiger partial charge in [0.15, 0.2) is 0 Å². The van der Waals surface area contributed by atoms with E-state index in [0.717, 1.165) is 5.57 Å². The van der Waals surface area contributed by atoms with Gasteiger partial charge in [0.1, 0.15) is 6.10 Å². The van der Waals surface area contributed by atoms with Crippen LogP contribution < -0.4 is 11.5 Å². The third kappa shape index (κ3) is 4.60. The fraction of sp³-hybridized carbons (Fsp3) is 0.758. The van der Waals surface area contributed by atoms with E-state index in [0.29, 0.717) is 62.6 Å². The summed E-state index contributed by atoms with van der Waals surface area (Å²) in [4.78, 5) is 25.2. The Bertz CT molecular complexity index is 1370. The van der Waals surface area contributed by atoms with E-state index in [4.69, 9.17) is 16.2 Å². The first kappa shape index (κ1) is 32.8. The quantitative estimate of drug-likeness (QED) is 0.174. The van der Waals surface area contributed by atoms with E-state index in [1.54, 1.807) is 0 Å². The fourth-order valence-corrected chi connectivity index (χ4v) is 10.5. The van der Waals surface area contributed by atoms with Gasteiger partial charge in [-0.3, -0.25) is 4.79 Å². The Kier molecular flexibility index (Phi) is 8.44. The number of aliphatic hydroxyl groups excluding tert-OH is 2. The molecule has 4 aliphatic rings. The standard InChI is InChI=1S/C33H51N5O6/c1-18(2)8-7-9-22(29(42)43)27-23-14-25(41)28-30(5)11-10-24(40)19(3)33(30,38-17-21(16-34)36-37-38)13-12-32(28,35)31(23,6)15-26(27)44-20(4)39/h8,17,19,23-26,28,40-41H,7,9-16,34-35H2,1-6H3,(H,42,43)/b27-22-/t19-,23+,24-,25-,26+,28+,30-,31+,32-,33-/m1/s1. The van der Waals surface area contributed by atoms with Crippen molar-refractivity contribution in [2.45, 2.75) is 129 Å². The highest BCUT2D eigenvalue weighted by atomic mass is 16.5. The number of rotatable bonds is 7. The number of nitrogens with zero attached hydrogens (tertiary/aromatic N) is 3. The molecule has 4 saturated carbocycles. The third-order valence-corrected chi connectivity index (χ3v) is 12.5. The average molecular weight is 614 g/mol. The highest BCUT2D eigenvalue weighted by Crippen LogP contribution is 2.72. The minimum atomic E-state index is -1.03. The van der Waals surface area contributed by atoms with Gasteiger partial charge in [-0.15, -0.1) is 5.10 Å². The number of fused-ring (bicyclic) bond motifs is 5. The van der Waals surface area contributed by atoms with Gasteiger partial charge in [0, 0.05) is 41.8 Å². The molecule has 1 heterocycles. The predicted molar refractivity (Wildman–Crippen MR) is 164 cm³/mol. The molecular formula is C33H51N5O6. The zero-order valence-electron chi connectivity index (χ0n) is 27.0. The molecule has 0 radical (unpaired) electrons. The van der Waals surface area contributed by atoms with E-state index < -0.39 is 58.1 Å². The van der Waals surface area contributed by atoms with Crippen LogP contribution in [0.25, 0.3) is 0 Å². The molecule has 5 rings (SSSR count). The highest BCUT2D eigenvalue weighted by molar-refractivity contribution is 5.88. The predicted octanol–water partition coefficient (Wildman–Crippen LogP) is 3.19. The molecule has 44 heavy (non-hydrogen) atoms. The summed E-state index contributed by atoms with van der Waals surface area (Å²) in [6.45, 7) is 11.9. The molecule has 0 spiro atoms. The van der Waals surface area contributed by atoms with Crippen molar-refractivity contribution in [2.24, 2.45) is 40.1 Å². The summed E-state index contributed by atoms with van der Waals surface area (Å²) < 4.78 is 7.77. The molecule has 0 bridgehead atoms. The lowest BCUT2D eigenvalue weighted by molar-refractivity contribution is -0.237. The Labute approximate surface area is 260 Å². The smallest absolute Gasteiger partial charge is 0.331 e. The van der Waals surface area contributed by atoms with Crippen LogP contribution in [0.2, 0.25) is 0 Å². The Morgan fingerprint density at radius 2 is 1.84 bits per heavy atom. The Morgan fingerprint density at radius 3 is 2.43 bits per heavy atom. The van der Waals surface area contributed by atoms with Gasteiger partial charge in [0.2, 0.25) is 0 Å². The molecule has 1 aromatic heterocycles. The maximum absolute atomic E-state index is 12.8. The molecule has 7 N–H and O–H groups in total. The summed E-state index contributed by atoms with van der Waals surface area (Å²) in [6, 6.07) is 0. The van der Waals surface area contributed by atoms with Crippen molar-refractivity contribution in [3.8, 4) is 0 Å². The average Bonchev–Trinajstić information content (AvgIpc) is 3.52. The van der Waals surface area contributed by atoms with Gasteiger partial charge in [-0.1, -0.05) is 37.6 Å². The lowest BCUT2D eigenvalue weighted by atomic mass is 9.37. The summed E-state index contributed by atoms with van der Waals surface area (Å²) in [5.41, 5.74) is 13.3. The molecule has 10 atom stereocenters. The van der Waals surface area contributed by atoms with Crippen molar-refractivity contribution in [1.82, 2.24) is 15.0 Å². The minimum Gasteiger partial charge on any atom is -0.478 e. The number of ether oxygens (including phenoxy) is 1. The summed E-state index contributed by atoms with van der Waals surface area (Å²) in [5, 5.41) is 42.8. The molecular weight excluding hydrogens is 562 g/mol. The lowest BCUT2D eigenvalue weighted by Gasteiger charge is -2.71. The molecule has 0 aromatic carbocycles. The third-order valence-electron chi connectivity index (χ3n) is 12.5. The number of carbonyl (C=O) groups excluding carboxylic acids is 1. The van der Waals surface area contributed by atoms with Crippen molar-refractivity contribution in [1.29, 1.82) is 0 Å². The largest absolute Gasteiger partial charge is 0.478 e. The maximum atomic E-state index is 12.8. The van der Waals surface area contributed by atoms with Gasteiger partial charge in [0.05, 0.1) is 29.6 Å². The molecule has 11 heteroatoms. The number of aromatic nitrogens is 3. The number of aliphatic carboxylic acids is 1. The minimum absolute atomic E-state index is 0.197. The van der Waals surface area contributed by atoms with Gasteiger partial charge in [0.25, 0.3) is 0 Å². The van der Waals surface area contributed by atoms with Crippen LogP contribution in [0.15, 0.2) is 29.0 Å². The van der Waals surface area contributed by atoms with E-state index in [2.05, 4.69) is 24.2 Å². The van der Waals surface area contributed by atoms with Crippen molar-refractivity contribution >= 4 is 11.9 Å². The number of hydrogen-bond acceptors (Lipinski definition) is 9. The maximum Gasteiger partial charge on any atom is 0.331 e. The first-order valence-corrected chi connectivity index (χ1v) is 16.1. The molecule has 11 nitrogen and oxygen atoms in total. The Balaban J connectivity index is 1.66. The van der Waals surface area contributed by atoms with Crippen LogP contribution in [-0.2, 0) is 26.4 Å². The number of carboxylic acids is 1. The van der Waals surface area contributed by atoms with Gasteiger partial charge in [-0.25, -0.2) is 9.48 Å². The number of nitrogens with two attached hydrogens (primary N) is 2. The summed E-state index contributed by atoms with van der Waals surface area (Å²) in [7, 11) is 0. The number of hydrogen-bond donors (Lipinski definition) is 5. The van der Waals surface area contributed by atoms with Crippen molar-refractivity contribution < 1.29 is 29.6 Å². The number of esters is 1. The van der Waals surface area contributed by atoms with Crippen LogP contribution >= 0.6 is 0 Å². The molecule has 0 saturated heterocycles. The summed E-state index contributed by atoms with van der Waals surface area (Å²) in [6.07, 6.45) is 5.53. The van der Waals surface area contributed by atoms with Crippen LogP contribution in [-0.4, -0.2) is 66.1 Å². The zero-order valence-corrected chi connectivity index (χ0v) is 27.0. The number of aliphatic hydroxyl groups is 2. The normalized spacial score (nSPS) is 42.5. The van der Waals surface area contributed by atoms with E-state index >= 15 is 0 Å². The molecule has 4 aliphatic carbocycles. The van der Waals surface area contributed by atoms with E-state index in [1.165, 1.54) is 6.92 Å². The van der Waals surface area contributed by atoms with Crippen molar-refractivity contribution in [3.05, 3.63) is 34.7 Å². The number of carboxylic acid groups (broad SMARTS) is 1. The summed E-state index contributed by atoms with van der Waals surface area (Å²) in [5.74, 6) is -2.48. The van der Waals surface area contributed by atoms with Crippen LogP contribution in [0.5, 0.6) is 0 Å². The fourth-order valence-electron chi connectivity index (χ4n) is 10.5. The molecule has 1 aromatic rings. The van der Waals surface area contributed by atoms with Gasteiger partial charge in [-0.2, -0.15) is 0 Å². The van der Waals surface area contributed by atoms with Crippen molar-refractivity contribution in [3.63, 3.8) is 0 Å². The molecule has 0 aliphatic heterocycles. The van der Waals surface area contributed by atoms with E-state index in [1.807, 2.05) is 37.7 Å². The van der Waals surface area contributed by atoms with E-state index in [-0.39, 0.29) is 24.0 Å². The first-order valence-electron chi connectivity index (χ1n) is 16.1. The zero-order chi connectivity index (χ0) is 32.4. The van der Waals surface area contributed by atoms with Crippen LogP contribution in [0.3, 0.4) is 0 Å². The second-order valence-corrected chi connectivity index (χ2v) is 14.7. The topological polar surface area (TPSA) is 187 Å². The SMILES string of the molecule is CC(=O)O[C@H]1C[C@@]2(C)[C@@H](C[C@@H](O)[C@@H]3[C@]2(N)CC[C@@]2(n4cc(CN)nn4)[C@H](C)[C@H](O)CC[C@]32C)/C1=C(\CCC=C(C)C)C(=O)O. The molecule has 0 unspecified atom stereocenters.